The predicted octanol–water partition coefficient (Wildman–Crippen LogP) is 5.08. The molecule has 4 rings (SSSR count). The number of nitrogens with zero attached hydrogens (tertiary/aromatic N) is 1. The van der Waals surface area contributed by atoms with Gasteiger partial charge in [0.1, 0.15) is 5.82 Å². The Morgan fingerprint density at radius 1 is 0.917 bits per heavy atom. The van der Waals surface area contributed by atoms with Gasteiger partial charge in [-0.2, -0.15) is 0 Å². The summed E-state index contributed by atoms with van der Waals surface area (Å²) in [4.78, 5) is 2.60. The third-order valence-electron chi connectivity index (χ3n) is 5.72. The standard InChI is InChI=1S/C22H26FN/c23-21-11-9-19(10-12-21)22-6-1-2-14-24(22)15-13-17-7-8-18-4-3-5-20(18)16-17/h7-12,16,22H,1-6,13-15H2. The molecule has 0 aromatic heterocycles. The van der Waals surface area contributed by atoms with Gasteiger partial charge in [0.15, 0.2) is 0 Å². The van der Waals surface area contributed by atoms with E-state index in [-0.39, 0.29) is 5.82 Å². The summed E-state index contributed by atoms with van der Waals surface area (Å²) in [6, 6.07) is 14.7. The van der Waals surface area contributed by atoms with E-state index in [4.69, 9.17) is 0 Å². The molecule has 126 valence electrons. The summed E-state index contributed by atoms with van der Waals surface area (Å²) in [6.45, 7) is 2.26. The highest BCUT2D eigenvalue weighted by molar-refractivity contribution is 5.35. The molecule has 2 heteroatoms. The maximum atomic E-state index is 13.2. The average Bonchev–Trinajstić information content (AvgIpc) is 3.09. The summed E-state index contributed by atoms with van der Waals surface area (Å²) in [5.41, 5.74) is 5.87. The van der Waals surface area contributed by atoms with Gasteiger partial charge in [-0.05, 0) is 79.5 Å². The van der Waals surface area contributed by atoms with E-state index in [1.807, 2.05) is 12.1 Å². The SMILES string of the molecule is Fc1ccc(C2CCCCN2CCc2ccc3c(c2)CCC3)cc1. The van der Waals surface area contributed by atoms with E-state index >= 15 is 0 Å². The Hall–Kier alpha value is -1.67. The van der Waals surface area contributed by atoms with Crippen molar-refractivity contribution in [3.8, 4) is 0 Å². The van der Waals surface area contributed by atoms with Gasteiger partial charge in [0.2, 0.25) is 0 Å². The van der Waals surface area contributed by atoms with Crippen molar-refractivity contribution in [1.29, 1.82) is 0 Å². The fraction of sp³-hybridized carbons (Fsp3) is 0.455. The molecule has 24 heavy (non-hydrogen) atoms. The van der Waals surface area contributed by atoms with Gasteiger partial charge < -0.3 is 0 Å². The maximum Gasteiger partial charge on any atom is 0.123 e. The second-order valence-electron chi connectivity index (χ2n) is 7.31. The quantitative estimate of drug-likeness (QED) is 0.758. The van der Waals surface area contributed by atoms with E-state index in [1.54, 1.807) is 23.3 Å². The molecule has 2 aromatic carbocycles. The van der Waals surface area contributed by atoms with Gasteiger partial charge in [0, 0.05) is 12.6 Å². The van der Waals surface area contributed by atoms with E-state index in [2.05, 4.69) is 23.1 Å². The summed E-state index contributed by atoms with van der Waals surface area (Å²) >= 11 is 0. The summed E-state index contributed by atoms with van der Waals surface area (Å²) < 4.78 is 13.2. The molecule has 1 aliphatic carbocycles. The summed E-state index contributed by atoms with van der Waals surface area (Å²) in [7, 11) is 0. The van der Waals surface area contributed by atoms with Crippen LogP contribution in [0, 0.1) is 5.82 Å². The molecule has 0 saturated carbocycles. The molecule has 1 saturated heterocycles. The first-order chi connectivity index (χ1) is 11.8. The lowest BCUT2D eigenvalue weighted by Crippen LogP contribution is -2.35. The lowest BCUT2D eigenvalue weighted by atomic mass is 9.94. The second kappa shape index (κ2) is 7.06. The molecule has 1 aliphatic heterocycles. The molecule has 2 aromatic rings. The van der Waals surface area contributed by atoms with Gasteiger partial charge in [-0.15, -0.1) is 0 Å². The van der Waals surface area contributed by atoms with Crippen molar-refractivity contribution in [2.24, 2.45) is 0 Å². The van der Waals surface area contributed by atoms with Gasteiger partial charge >= 0.3 is 0 Å². The molecule has 0 radical (unpaired) electrons. The van der Waals surface area contributed by atoms with Crippen molar-refractivity contribution >= 4 is 0 Å². The Balaban J connectivity index is 1.44. The molecular formula is C22H26FN. The Kier molecular flexibility index (Phi) is 4.66. The Morgan fingerprint density at radius 2 is 1.75 bits per heavy atom. The van der Waals surface area contributed by atoms with Crippen LogP contribution in [0.1, 0.15) is 54.0 Å². The molecule has 0 amide bonds. The number of halogens is 1. The van der Waals surface area contributed by atoms with E-state index < -0.39 is 0 Å². The molecule has 0 spiro atoms. The number of hydrogen-bond donors (Lipinski definition) is 0. The average molecular weight is 323 g/mol. The van der Waals surface area contributed by atoms with Crippen molar-refractivity contribution in [2.75, 3.05) is 13.1 Å². The van der Waals surface area contributed by atoms with E-state index in [0.717, 1.165) is 19.5 Å². The van der Waals surface area contributed by atoms with Crippen LogP contribution < -0.4 is 0 Å². The van der Waals surface area contributed by atoms with Crippen LogP contribution in [0.15, 0.2) is 42.5 Å². The van der Waals surface area contributed by atoms with Crippen molar-refractivity contribution in [1.82, 2.24) is 4.90 Å². The van der Waals surface area contributed by atoms with Crippen LogP contribution in [0.2, 0.25) is 0 Å². The highest BCUT2D eigenvalue weighted by Crippen LogP contribution is 2.31. The molecule has 1 heterocycles. The maximum absolute atomic E-state index is 13.2. The van der Waals surface area contributed by atoms with Crippen LogP contribution in [-0.4, -0.2) is 18.0 Å². The molecule has 1 nitrogen and oxygen atoms in total. The minimum atomic E-state index is -0.140. The zero-order valence-electron chi connectivity index (χ0n) is 14.3. The largest absolute Gasteiger partial charge is 0.296 e. The first kappa shape index (κ1) is 15.8. The van der Waals surface area contributed by atoms with Crippen molar-refractivity contribution in [3.05, 3.63) is 70.5 Å². The molecule has 1 unspecified atom stereocenters. The van der Waals surface area contributed by atoms with Crippen molar-refractivity contribution in [3.63, 3.8) is 0 Å². The normalized spacial score (nSPS) is 21.0. The number of likely N-dealkylation sites (tertiary alicyclic amines) is 1. The number of fused-ring (bicyclic) bond motifs is 1. The zero-order chi connectivity index (χ0) is 16.4. The van der Waals surface area contributed by atoms with Gasteiger partial charge in [-0.3, -0.25) is 4.90 Å². The smallest absolute Gasteiger partial charge is 0.123 e. The Bertz CT molecular complexity index is 692. The number of piperidine rings is 1. The third kappa shape index (κ3) is 3.39. The molecule has 0 bridgehead atoms. The number of rotatable bonds is 4. The van der Waals surface area contributed by atoms with E-state index in [9.17, 15) is 4.39 Å². The van der Waals surface area contributed by atoms with Crippen LogP contribution in [0.3, 0.4) is 0 Å². The molecule has 1 atom stereocenters. The fourth-order valence-electron chi connectivity index (χ4n) is 4.37. The highest BCUT2D eigenvalue weighted by Gasteiger charge is 2.23. The number of aryl methyl sites for hydroxylation is 2. The van der Waals surface area contributed by atoms with Gasteiger partial charge in [0.05, 0.1) is 0 Å². The number of hydrogen-bond acceptors (Lipinski definition) is 1. The lowest BCUT2D eigenvalue weighted by Gasteiger charge is -2.36. The van der Waals surface area contributed by atoms with Gasteiger partial charge in [-0.1, -0.05) is 36.8 Å². The molecule has 1 fully saturated rings. The van der Waals surface area contributed by atoms with Crippen LogP contribution in [0.5, 0.6) is 0 Å². The lowest BCUT2D eigenvalue weighted by molar-refractivity contribution is 0.150. The van der Waals surface area contributed by atoms with Crippen molar-refractivity contribution < 1.29 is 4.39 Å². The van der Waals surface area contributed by atoms with Crippen LogP contribution >= 0.6 is 0 Å². The first-order valence-electron chi connectivity index (χ1n) is 9.40. The summed E-state index contributed by atoms with van der Waals surface area (Å²) in [5.74, 6) is -0.140. The highest BCUT2D eigenvalue weighted by atomic mass is 19.1. The second-order valence-corrected chi connectivity index (χ2v) is 7.31. The van der Waals surface area contributed by atoms with E-state index in [1.165, 1.54) is 49.7 Å². The molecular weight excluding hydrogens is 297 g/mol. The monoisotopic (exact) mass is 323 g/mol. The minimum Gasteiger partial charge on any atom is -0.296 e. The van der Waals surface area contributed by atoms with Crippen LogP contribution in [0.4, 0.5) is 4.39 Å². The molecule has 2 aliphatic rings. The van der Waals surface area contributed by atoms with Gasteiger partial charge in [-0.25, -0.2) is 4.39 Å². The first-order valence-corrected chi connectivity index (χ1v) is 9.40. The third-order valence-corrected chi connectivity index (χ3v) is 5.72. The molecule has 0 N–H and O–H groups in total. The Morgan fingerprint density at radius 3 is 2.62 bits per heavy atom. The van der Waals surface area contributed by atoms with E-state index in [0.29, 0.717) is 6.04 Å². The summed E-state index contributed by atoms with van der Waals surface area (Å²) in [6.07, 6.45) is 8.69. The van der Waals surface area contributed by atoms with Crippen molar-refractivity contribution in [2.45, 2.75) is 51.0 Å². The zero-order valence-corrected chi connectivity index (χ0v) is 14.3. The predicted molar refractivity (Wildman–Crippen MR) is 96.7 cm³/mol. The Labute approximate surface area is 144 Å². The van der Waals surface area contributed by atoms with Crippen LogP contribution in [0.25, 0.3) is 0 Å². The number of benzene rings is 2. The fourth-order valence-corrected chi connectivity index (χ4v) is 4.37. The summed E-state index contributed by atoms with van der Waals surface area (Å²) in [5, 5.41) is 0. The topological polar surface area (TPSA) is 3.24 Å². The van der Waals surface area contributed by atoms with Crippen LogP contribution in [-0.2, 0) is 19.3 Å². The van der Waals surface area contributed by atoms with Gasteiger partial charge in [0.25, 0.3) is 0 Å². The minimum absolute atomic E-state index is 0.140.